The zero-order valence-corrected chi connectivity index (χ0v) is 53.5. The van der Waals surface area contributed by atoms with Crippen LogP contribution in [-0.4, -0.2) is 202 Å². The number of unbranched alkanes of at least 4 members (excludes halogenated alkanes) is 2. The third-order valence-corrected chi connectivity index (χ3v) is 13.7. The summed E-state index contributed by atoms with van der Waals surface area (Å²) < 4.78 is 0. The lowest BCUT2D eigenvalue weighted by atomic mass is 10.0. The molecule has 94 heavy (non-hydrogen) atoms. The number of hydrogen-bond acceptors (Lipinski definition) is 19. The quantitative estimate of drug-likeness (QED) is 0.0153. The Balaban J connectivity index is 7.45. The molecule has 0 bridgehead atoms. The van der Waals surface area contributed by atoms with Crippen molar-refractivity contribution in [2.24, 2.45) is 117 Å². The van der Waals surface area contributed by atoms with E-state index in [9.17, 15) is 52.7 Å². The molecule has 0 aromatic rings. The third kappa shape index (κ3) is 40.8. The van der Waals surface area contributed by atoms with Gasteiger partial charge in [-0.1, -0.05) is 0 Å². The van der Waals surface area contributed by atoms with Crippen molar-refractivity contribution in [3.05, 3.63) is 0 Å². The minimum Gasteiger partial charge on any atom is -0.370 e. The maximum Gasteiger partial charge on any atom is 0.312 e. The van der Waals surface area contributed by atoms with Gasteiger partial charge in [0.2, 0.25) is 59.1 Å². The van der Waals surface area contributed by atoms with E-state index in [0.29, 0.717) is 32.1 Å². The molecular formula is C53H106N30O11. The highest BCUT2D eigenvalue weighted by Crippen LogP contribution is 2.12. The number of nitrogens with two attached hydrogens (primary N) is 16. The van der Waals surface area contributed by atoms with Crippen molar-refractivity contribution in [2.45, 2.75) is 183 Å². The molecule has 9 atom stereocenters. The smallest absolute Gasteiger partial charge is 0.312 e. The molecule has 0 heterocycles. The molecule has 0 saturated carbocycles. The van der Waals surface area contributed by atoms with Crippen molar-refractivity contribution in [1.82, 2.24) is 47.9 Å². The Morgan fingerprint density at radius 2 is 0.532 bits per heavy atom. The Morgan fingerprint density at radius 3 is 0.798 bits per heavy atom. The van der Waals surface area contributed by atoms with E-state index in [1.807, 2.05) is 0 Å². The number of amides is 12. The monoisotopic (exact) mass is 1340 g/mol. The van der Waals surface area contributed by atoms with Crippen LogP contribution < -0.4 is 140 Å². The molecule has 41 N–H and O–H groups in total. The standard InChI is InChI=1S/C53H106N30O11/c54-21-3-1-12-31(77-40(86)29(56)11-5-23-70-48(59)60)42(88)78-32(13-2-4-22-55)43(89)80-36(18-10-28-75-53(69)94)45(91)81-35(17-9-27-74-52(67)68)46(92)83-37(19-20-38(57)84)47(93)82-34(16-8-26-73-51(65)66)44(90)79-33(15-7-25-72-50(63)64)41(87)76-30(39(58)85)14-6-24-71-49(61)62/h29-37H,1-28,54-56H2,(H2,57,84)(H2,58,85)(H,76,87)(H,77,86)(H,78,88)(H,79,90)(H,80,89)(H,81,91)(H,82,93)(H,83,92)(H4,59,60,70)(H4,61,62,71)(H4,63,64,72)(H4,65,66,73)(H4,67,68,74)(H3,69,75,94)/t29-,30-,31-,32-,33-,34-,35-,36-,37-/m0/s1. The minimum absolute atomic E-state index is 0.00198. The van der Waals surface area contributed by atoms with E-state index in [1.165, 1.54) is 0 Å². The van der Waals surface area contributed by atoms with Gasteiger partial charge >= 0.3 is 6.03 Å². The largest absolute Gasteiger partial charge is 0.370 e. The van der Waals surface area contributed by atoms with Crippen LogP contribution in [-0.2, 0) is 47.9 Å². The summed E-state index contributed by atoms with van der Waals surface area (Å²) in [7, 11) is 0. The Hall–Kier alpha value is -9.80. The number of nitrogens with one attached hydrogen (secondary N) is 9. The SMILES string of the molecule is NCCCC[C@H](NC(=O)[C@H](CCCCN)NC(=O)[C@@H](N)CCCN=C(N)N)C(=O)N[C@@H](CCCNC(N)=O)C(=O)N[C@@H](CCCN=C(N)N)C(=O)N[C@@H](CCC(N)=O)C(=O)N[C@@H](CCCN=C(N)N)C(=O)N[C@@H](CCCN=C(N)N)C(=O)N[C@@H](CCCN=C(N)N)C(N)=O. The zero-order valence-electron chi connectivity index (χ0n) is 53.5. The topological polar surface area (TPSA) is 774 Å². The molecule has 0 aliphatic carbocycles. The highest BCUT2D eigenvalue weighted by Gasteiger charge is 2.35. The van der Waals surface area contributed by atoms with Crippen molar-refractivity contribution < 1.29 is 52.7 Å². The number of carbonyl (C=O) groups is 11. The maximum atomic E-state index is 14.6. The molecule has 41 nitrogen and oxygen atoms in total. The predicted octanol–water partition coefficient (Wildman–Crippen LogP) is -11.1. The van der Waals surface area contributed by atoms with E-state index >= 15 is 0 Å². The molecule has 0 aliphatic heterocycles. The van der Waals surface area contributed by atoms with Crippen molar-refractivity contribution >= 4 is 94.9 Å². The normalized spacial score (nSPS) is 13.6. The van der Waals surface area contributed by atoms with Crippen LogP contribution in [0.4, 0.5) is 4.79 Å². The van der Waals surface area contributed by atoms with Crippen LogP contribution in [0.1, 0.15) is 128 Å². The molecular weight excluding hydrogens is 1230 g/mol. The van der Waals surface area contributed by atoms with Gasteiger partial charge in [-0.3, -0.25) is 72.9 Å². The lowest BCUT2D eigenvalue weighted by Gasteiger charge is -2.28. The van der Waals surface area contributed by atoms with E-state index in [4.69, 9.17) is 91.7 Å². The first kappa shape index (κ1) is 84.2. The number of carbonyl (C=O) groups excluding carboxylic acids is 11. The highest BCUT2D eigenvalue weighted by molar-refractivity contribution is 5.98. The maximum absolute atomic E-state index is 14.6. The number of hydrogen-bond donors (Lipinski definition) is 25. The molecule has 41 heteroatoms. The van der Waals surface area contributed by atoms with Gasteiger partial charge in [0.1, 0.15) is 48.3 Å². The molecule has 0 fully saturated rings. The fourth-order valence-corrected chi connectivity index (χ4v) is 8.81. The summed E-state index contributed by atoms with van der Waals surface area (Å²) in [5.41, 5.74) is 88.9. The predicted molar refractivity (Wildman–Crippen MR) is 353 cm³/mol. The summed E-state index contributed by atoms with van der Waals surface area (Å²) in [6, 6.07) is -13.5. The van der Waals surface area contributed by atoms with Gasteiger partial charge in [-0.15, -0.1) is 0 Å². The molecule has 0 aliphatic rings. The first-order valence-electron chi connectivity index (χ1n) is 30.9. The van der Waals surface area contributed by atoms with Gasteiger partial charge < -0.3 is 140 Å². The van der Waals surface area contributed by atoms with Crippen molar-refractivity contribution in [2.75, 3.05) is 52.4 Å². The van der Waals surface area contributed by atoms with Crippen LogP contribution in [0, 0.1) is 0 Å². The Morgan fingerprint density at radius 1 is 0.287 bits per heavy atom. The van der Waals surface area contributed by atoms with E-state index in [1.54, 1.807) is 0 Å². The fraction of sp³-hybridized carbons (Fsp3) is 0.698. The first-order chi connectivity index (χ1) is 44.4. The molecule has 0 spiro atoms. The second-order valence-electron chi connectivity index (χ2n) is 21.7. The van der Waals surface area contributed by atoms with Crippen LogP contribution in [0.3, 0.4) is 0 Å². The highest BCUT2D eigenvalue weighted by atomic mass is 16.2. The fourth-order valence-electron chi connectivity index (χ4n) is 8.81. The molecule has 0 aromatic carbocycles. The molecule has 0 saturated heterocycles. The third-order valence-electron chi connectivity index (χ3n) is 13.7. The van der Waals surface area contributed by atoms with Gasteiger partial charge in [-0.25, -0.2) is 4.79 Å². The van der Waals surface area contributed by atoms with Gasteiger partial charge in [0.15, 0.2) is 29.8 Å². The number of nitrogens with zero attached hydrogens (tertiary/aromatic N) is 5. The number of primary amides is 3. The van der Waals surface area contributed by atoms with Crippen LogP contribution in [0.25, 0.3) is 0 Å². The van der Waals surface area contributed by atoms with Crippen molar-refractivity contribution in [3.63, 3.8) is 0 Å². The second-order valence-corrected chi connectivity index (χ2v) is 21.7. The van der Waals surface area contributed by atoms with Crippen LogP contribution in [0.5, 0.6) is 0 Å². The zero-order chi connectivity index (χ0) is 71.1. The van der Waals surface area contributed by atoms with Gasteiger partial charge in [0.05, 0.1) is 6.04 Å². The average molecular weight is 1340 g/mol. The summed E-state index contributed by atoms with van der Waals surface area (Å²) in [5.74, 6) is -10.3. The number of guanidine groups is 5. The lowest BCUT2D eigenvalue weighted by molar-refractivity contribution is -0.136. The molecule has 0 aromatic heterocycles. The molecule has 0 rings (SSSR count). The van der Waals surface area contributed by atoms with Gasteiger partial charge in [0, 0.05) is 45.7 Å². The van der Waals surface area contributed by atoms with E-state index in [0.717, 1.165) is 0 Å². The van der Waals surface area contributed by atoms with Crippen molar-refractivity contribution in [1.29, 1.82) is 0 Å². The second kappa shape index (κ2) is 48.9. The molecule has 0 radical (unpaired) electrons. The molecule has 534 valence electrons. The number of urea groups is 1. The Kier molecular flexibility index (Phi) is 43.8. The number of aliphatic imine (C=N–C) groups is 5. The summed E-state index contributed by atoms with van der Waals surface area (Å²) in [6.45, 7) is 0.533. The Bertz CT molecular complexity index is 2550. The van der Waals surface area contributed by atoms with Gasteiger partial charge in [0.25, 0.3) is 0 Å². The minimum atomic E-state index is -1.69. The molecule has 12 amide bonds. The van der Waals surface area contributed by atoms with Crippen LogP contribution in [0.2, 0.25) is 0 Å². The van der Waals surface area contributed by atoms with E-state index in [-0.39, 0.29) is 166 Å². The van der Waals surface area contributed by atoms with E-state index in [2.05, 4.69) is 72.8 Å². The lowest BCUT2D eigenvalue weighted by Crippen LogP contribution is -2.60. The summed E-state index contributed by atoms with van der Waals surface area (Å²) >= 11 is 0. The number of rotatable bonds is 52. The van der Waals surface area contributed by atoms with E-state index < -0.39 is 132 Å². The van der Waals surface area contributed by atoms with Crippen LogP contribution >= 0.6 is 0 Å². The first-order valence-corrected chi connectivity index (χ1v) is 30.9. The summed E-state index contributed by atoms with van der Waals surface area (Å²) in [4.78, 5) is 170. The van der Waals surface area contributed by atoms with Crippen LogP contribution in [0.15, 0.2) is 25.0 Å². The van der Waals surface area contributed by atoms with Gasteiger partial charge in [-0.2, -0.15) is 0 Å². The molecule has 0 unspecified atom stereocenters. The van der Waals surface area contributed by atoms with Crippen molar-refractivity contribution in [3.8, 4) is 0 Å². The Labute approximate surface area is 545 Å². The summed E-state index contributed by atoms with van der Waals surface area (Å²) in [5, 5.41) is 23.1. The summed E-state index contributed by atoms with van der Waals surface area (Å²) in [6.07, 6.45) is 0.683. The average Bonchev–Trinajstić information content (AvgIpc) is 0.919. The van der Waals surface area contributed by atoms with Gasteiger partial charge in [-0.05, 0) is 135 Å².